The molecule has 0 fully saturated rings. The van der Waals surface area contributed by atoms with E-state index in [0.29, 0.717) is 18.0 Å². The molecule has 0 aliphatic rings. The second-order valence-electron chi connectivity index (χ2n) is 8.14. The fourth-order valence-corrected chi connectivity index (χ4v) is 3.65. The van der Waals surface area contributed by atoms with Gasteiger partial charge >= 0.3 is 0 Å². The first-order valence-electron chi connectivity index (χ1n) is 10.4. The van der Waals surface area contributed by atoms with E-state index in [2.05, 4.69) is 63.3 Å². The van der Waals surface area contributed by atoms with Crippen molar-refractivity contribution in [3.63, 3.8) is 0 Å². The molecule has 0 saturated heterocycles. The number of hydrogen-bond donors (Lipinski definition) is 1. The number of carbonyl (C=O) groups is 1. The molecule has 0 bridgehead atoms. The van der Waals surface area contributed by atoms with Crippen molar-refractivity contribution in [2.75, 3.05) is 13.7 Å². The van der Waals surface area contributed by atoms with Gasteiger partial charge in [-0.25, -0.2) is 0 Å². The van der Waals surface area contributed by atoms with Crippen LogP contribution < -0.4 is 10.1 Å². The van der Waals surface area contributed by atoms with Gasteiger partial charge in [-0.15, -0.1) is 0 Å². The van der Waals surface area contributed by atoms with Crippen molar-refractivity contribution in [3.8, 4) is 16.9 Å². The predicted octanol–water partition coefficient (Wildman–Crippen LogP) is 6.01. The summed E-state index contributed by atoms with van der Waals surface area (Å²) >= 11 is 0. The number of methoxy groups -OCH3 is 1. The van der Waals surface area contributed by atoms with Crippen LogP contribution >= 0.6 is 0 Å². The van der Waals surface area contributed by atoms with Crippen molar-refractivity contribution in [1.29, 1.82) is 0 Å². The van der Waals surface area contributed by atoms with Gasteiger partial charge in [0.05, 0.1) is 7.11 Å². The molecule has 3 aromatic rings. The van der Waals surface area contributed by atoms with E-state index in [1.807, 2.05) is 36.4 Å². The number of aryl methyl sites for hydroxylation is 1. The Morgan fingerprint density at radius 3 is 2.32 bits per heavy atom. The van der Waals surface area contributed by atoms with Gasteiger partial charge in [-0.2, -0.15) is 35.9 Å². The third-order valence-corrected chi connectivity index (χ3v) is 5.42. The third-order valence-electron chi connectivity index (χ3n) is 5.42. The minimum Gasteiger partial charge on any atom is -0.497 e. The number of carbonyl (C=O) groups excluding carboxylic acids is 1. The smallest absolute Gasteiger partial charge is 0.251 e. The molecule has 159 valence electrons. The average molecular weight is 489 g/mol. The van der Waals surface area contributed by atoms with Crippen molar-refractivity contribution in [1.82, 2.24) is 5.32 Å². The third kappa shape index (κ3) is 6.27. The minimum atomic E-state index is -0.0295. The van der Waals surface area contributed by atoms with E-state index in [0.717, 1.165) is 22.4 Å². The molecule has 3 nitrogen and oxygen atoms in total. The normalized spacial score (nSPS) is 11.5. The van der Waals surface area contributed by atoms with Crippen molar-refractivity contribution in [2.24, 2.45) is 5.92 Å². The van der Waals surface area contributed by atoms with E-state index in [1.165, 1.54) is 11.1 Å². The molecule has 1 radical (unpaired) electrons. The molecule has 1 unspecified atom stereocenters. The number of amides is 1. The number of hydrogen-bond acceptors (Lipinski definition) is 2. The Morgan fingerprint density at radius 1 is 1.00 bits per heavy atom. The van der Waals surface area contributed by atoms with Crippen molar-refractivity contribution < 1.29 is 42.2 Å². The molecule has 0 saturated carbocycles. The van der Waals surface area contributed by atoms with E-state index in [9.17, 15) is 4.79 Å². The van der Waals surface area contributed by atoms with E-state index in [1.54, 1.807) is 7.11 Å². The Kier molecular flexibility index (Phi) is 9.46. The monoisotopic (exact) mass is 489 g/mol. The van der Waals surface area contributed by atoms with Crippen LogP contribution in [0.3, 0.4) is 0 Å². The van der Waals surface area contributed by atoms with Gasteiger partial charge in [-0.3, -0.25) is 4.79 Å². The molecule has 3 aromatic carbocycles. The zero-order valence-electron chi connectivity index (χ0n) is 19.0. The first-order valence-corrected chi connectivity index (χ1v) is 10.4. The standard InChI is InChI=1S/C27H30NO2.Y/c1-18(2)17-28-27(29)22-11-13-24(19(3)15-22)26-16-23(30-5)12-14-25(26)20(4)21-9-7-6-8-10-21;/h7-16,18,20H,17H2,1-5H3,(H,28,29);/q-1;. The Balaban J connectivity index is 0.00000341. The van der Waals surface area contributed by atoms with E-state index < -0.39 is 0 Å². The summed E-state index contributed by atoms with van der Waals surface area (Å²) in [5, 5.41) is 2.99. The molecule has 4 heteroatoms. The molecular weight excluding hydrogens is 459 g/mol. The van der Waals surface area contributed by atoms with Crippen molar-refractivity contribution >= 4 is 5.91 Å². The first-order chi connectivity index (χ1) is 14.4. The molecule has 1 amide bonds. The van der Waals surface area contributed by atoms with Gasteiger partial charge in [0.15, 0.2) is 0 Å². The van der Waals surface area contributed by atoms with Crippen LogP contribution in [0.5, 0.6) is 5.75 Å². The topological polar surface area (TPSA) is 38.3 Å². The zero-order chi connectivity index (χ0) is 21.7. The summed E-state index contributed by atoms with van der Waals surface area (Å²) in [6.07, 6.45) is 0. The summed E-state index contributed by atoms with van der Waals surface area (Å²) < 4.78 is 5.50. The van der Waals surface area contributed by atoms with Gasteiger partial charge in [0.2, 0.25) is 0 Å². The van der Waals surface area contributed by atoms with Crippen LogP contribution in [-0.2, 0) is 32.7 Å². The second kappa shape index (κ2) is 11.6. The van der Waals surface area contributed by atoms with Gasteiger partial charge in [0.1, 0.15) is 5.75 Å². The molecule has 0 heterocycles. The van der Waals surface area contributed by atoms with Crippen LogP contribution in [0.2, 0.25) is 0 Å². The average Bonchev–Trinajstić information content (AvgIpc) is 2.77. The largest absolute Gasteiger partial charge is 0.497 e. The summed E-state index contributed by atoms with van der Waals surface area (Å²) in [7, 11) is 1.68. The molecule has 3 rings (SSSR count). The maximum atomic E-state index is 12.5. The predicted molar refractivity (Wildman–Crippen MR) is 123 cm³/mol. The Labute approximate surface area is 211 Å². The van der Waals surface area contributed by atoms with Gasteiger partial charge in [0.25, 0.3) is 5.91 Å². The van der Waals surface area contributed by atoms with E-state index in [-0.39, 0.29) is 44.5 Å². The van der Waals surface area contributed by atoms with Crippen molar-refractivity contribution in [3.05, 3.63) is 89.0 Å². The number of benzene rings is 3. The van der Waals surface area contributed by atoms with E-state index >= 15 is 0 Å². The molecular formula is C27H30NO2Y-. The van der Waals surface area contributed by atoms with Crippen LogP contribution in [0.1, 0.15) is 53.7 Å². The minimum absolute atomic E-state index is 0. The van der Waals surface area contributed by atoms with Crippen LogP contribution in [0.25, 0.3) is 11.1 Å². The van der Waals surface area contributed by atoms with Gasteiger partial charge < -0.3 is 10.1 Å². The SMILES string of the molecule is COc1ccc(C(C)c2cc[c-]cc2)c(-c2ccc(C(=O)NCC(C)C)cc2C)c1.[Y]. The number of nitrogens with one attached hydrogen (secondary N) is 1. The van der Waals surface area contributed by atoms with Gasteiger partial charge in [-0.05, 0) is 65.3 Å². The summed E-state index contributed by atoms with van der Waals surface area (Å²) in [6, 6.07) is 23.3. The Bertz CT molecular complexity index is 1010. The molecule has 0 aromatic heterocycles. The van der Waals surface area contributed by atoms with Crippen LogP contribution in [0.4, 0.5) is 0 Å². The molecule has 1 atom stereocenters. The van der Waals surface area contributed by atoms with Crippen LogP contribution in [-0.4, -0.2) is 19.6 Å². The maximum Gasteiger partial charge on any atom is 0.251 e. The second-order valence-corrected chi connectivity index (χ2v) is 8.14. The number of ether oxygens (including phenoxy) is 1. The molecule has 0 aliphatic carbocycles. The quantitative estimate of drug-likeness (QED) is 0.413. The maximum absolute atomic E-state index is 12.5. The molecule has 31 heavy (non-hydrogen) atoms. The first kappa shape index (κ1) is 25.3. The Morgan fingerprint density at radius 2 is 1.71 bits per heavy atom. The van der Waals surface area contributed by atoms with Crippen LogP contribution in [0.15, 0.2) is 60.7 Å². The van der Waals surface area contributed by atoms with Gasteiger partial charge in [0, 0.05) is 44.8 Å². The fourth-order valence-electron chi connectivity index (χ4n) is 3.65. The summed E-state index contributed by atoms with van der Waals surface area (Å²) in [5.41, 5.74) is 6.45. The summed E-state index contributed by atoms with van der Waals surface area (Å²) in [4.78, 5) is 12.5. The van der Waals surface area contributed by atoms with E-state index in [4.69, 9.17) is 4.74 Å². The van der Waals surface area contributed by atoms with Crippen molar-refractivity contribution in [2.45, 2.75) is 33.6 Å². The molecule has 0 aliphatic heterocycles. The number of rotatable bonds is 7. The summed E-state index contributed by atoms with van der Waals surface area (Å²) in [5.74, 6) is 1.43. The molecule has 1 N–H and O–H groups in total. The Hall–Kier alpha value is -1.97. The molecule has 0 spiro atoms. The zero-order valence-corrected chi connectivity index (χ0v) is 21.9. The summed E-state index contributed by atoms with van der Waals surface area (Å²) in [6.45, 7) is 9.12. The van der Waals surface area contributed by atoms with Gasteiger partial charge in [-0.1, -0.05) is 32.9 Å². The van der Waals surface area contributed by atoms with Crippen LogP contribution in [0, 0.1) is 18.9 Å². The fraction of sp³-hybridized carbons (Fsp3) is 0.296.